The van der Waals surface area contributed by atoms with E-state index in [2.05, 4.69) is 11.9 Å². The standard InChI is InChI=1S/C18H27N3O4/c1-2-16-17(20-16)6-4-3-5-15(19)14(11-22)18(23)12-7-9-13(10-8-12)21(24)25/h7-10,14-16,18,22-23H,2-6,11,19H2,1H3/t14-,15?,16?,18+/m0/s1. The molecule has 4 atom stereocenters. The van der Waals surface area contributed by atoms with Crippen molar-refractivity contribution in [1.29, 1.82) is 0 Å². The molecule has 0 bridgehead atoms. The second kappa shape index (κ2) is 9.03. The summed E-state index contributed by atoms with van der Waals surface area (Å²) in [7, 11) is 0. The maximum absolute atomic E-state index is 10.7. The first-order valence-electron chi connectivity index (χ1n) is 8.83. The number of hydrogen-bond donors (Lipinski definition) is 3. The summed E-state index contributed by atoms with van der Waals surface area (Å²) in [6, 6.07) is 5.84. The van der Waals surface area contributed by atoms with Crippen molar-refractivity contribution in [3.63, 3.8) is 0 Å². The van der Waals surface area contributed by atoms with Crippen LogP contribution in [0.4, 0.5) is 5.69 Å². The molecule has 1 heterocycles. The van der Waals surface area contributed by atoms with E-state index in [4.69, 9.17) is 5.73 Å². The third-order valence-electron chi connectivity index (χ3n) is 4.86. The van der Waals surface area contributed by atoms with E-state index in [9.17, 15) is 20.3 Å². The number of nitrogens with two attached hydrogens (primary N) is 1. The third-order valence-corrected chi connectivity index (χ3v) is 4.86. The Bertz CT molecular complexity index is 603. The van der Waals surface area contributed by atoms with Crippen molar-refractivity contribution >= 4 is 11.4 Å². The number of unbranched alkanes of at least 4 members (excludes halogenated alkanes) is 1. The van der Waals surface area contributed by atoms with Crippen molar-refractivity contribution in [1.82, 2.24) is 0 Å². The van der Waals surface area contributed by atoms with Crippen LogP contribution in [0.15, 0.2) is 29.3 Å². The minimum atomic E-state index is -0.946. The average molecular weight is 349 g/mol. The number of nitrogens with zero attached hydrogens (tertiary/aromatic N) is 2. The van der Waals surface area contributed by atoms with E-state index in [0.29, 0.717) is 18.0 Å². The molecule has 4 N–H and O–H groups in total. The molecule has 0 aromatic heterocycles. The molecule has 1 aliphatic rings. The fourth-order valence-corrected chi connectivity index (χ4v) is 3.13. The minimum Gasteiger partial charge on any atom is -0.396 e. The quantitative estimate of drug-likeness (QED) is 0.321. The minimum absolute atomic E-state index is 0.0332. The lowest BCUT2D eigenvalue weighted by Crippen LogP contribution is -2.36. The molecule has 1 aliphatic heterocycles. The summed E-state index contributed by atoms with van der Waals surface area (Å²) in [5, 5.41) is 30.8. The zero-order valence-corrected chi connectivity index (χ0v) is 14.5. The topological polar surface area (TPSA) is 122 Å². The number of nitro groups is 1. The predicted octanol–water partition coefficient (Wildman–Crippen LogP) is 2.36. The Labute approximate surface area is 147 Å². The van der Waals surface area contributed by atoms with Gasteiger partial charge in [0.25, 0.3) is 5.69 Å². The van der Waals surface area contributed by atoms with Crippen molar-refractivity contribution in [3.05, 3.63) is 39.9 Å². The van der Waals surface area contributed by atoms with Crippen molar-refractivity contribution in [2.75, 3.05) is 6.61 Å². The number of rotatable bonds is 11. The lowest BCUT2D eigenvalue weighted by atomic mass is 9.87. The lowest BCUT2D eigenvalue weighted by molar-refractivity contribution is -0.384. The Kier molecular flexibility index (Phi) is 7.04. The highest BCUT2D eigenvalue weighted by Crippen LogP contribution is 2.28. The Balaban J connectivity index is 1.82. The monoisotopic (exact) mass is 349 g/mol. The summed E-state index contributed by atoms with van der Waals surface area (Å²) in [6.07, 6.45) is 3.76. The van der Waals surface area contributed by atoms with E-state index in [1.54, 1.807) is 0 Å². The predicted molar refractivity (Wildman–Crippen MR) is 96.6 cm³/mol. The van der Waals surface area contributed by atoms with Crippen molar-refractivity contribution in [2.24, 2.45) is 16.6 Å². The third kappa shape index (κ3) is 5.32. The van der Waals surface area contributed by atoms with Crippen LogP contribution in [0, 0.1) is 16.0 Å². The van der Waals surface area contributed by atoms with Crippen LogP contribution in [0.3, 0.4) is 0 Å². The SMILES string of the molecule is CCC1N=C1CCCCC(N)[C@H](CO)[C@H](O)c1ccc([N+](=O)[O-])cc1. The number of aliphatic hydroxyl groups is 2. The van der Waals surface area contributed by atoms with Gasteiger partial charge in [-0.05, 0) is 43.4 Å². The summed E-state index contributed by atoms with van der Waals surface area (Å²) in [6.45, 7) is 1.90. The first-order chi connectivity index (χ1) is 12.0. The van der Waals surface area contributed by atoms with Gasteiger partial charge in [-0.1, -0.05) is 13.3 Å². The van der Waals surface area contributed by atoms with Crippen LogP contribution in [0.1, 0.15) is 50.7 Å². The van der Waals surface area contributed by atoms with E-state index >= 15 is 0 Å². The zero-order valence-electron chi connectivity index (χ0n) is 14.5. The number of non-ortho nitro benzene ring substituents is 1. The van der Waals surface area contributed by atoms with Crippen LogP contribution in [0.2, 0.25) is 0 Å². The molecular formula is C18H27N3O4. The molecule has 1 aromatic rings. The normalized spacial score (nSPS) is 19.8. The molecule has 2 unspecified atom stereocenters. The zero-order chi connectivity index (χ0) is 18.4. The van der Waals surface area contributed by atoms with Crippen LogP contribution < -0.4 is 5.73 Å². The van der Waals surface area contributed by atoms with Gasteiger partial charge < -0.3 is 15.9 Å². The fourth-order valence-electron chi connectivity index (χ4n) is 3.13. The van der Waals surface area contributed by atoms with Crippen LogP contribution in [-0.4, -0.2) is 39.5 Å². The van der Waals surface area contributed by atoms with Gasteiger partial charge in [0.2, 0.25) is 0 Å². The summed E-state index contributed by atoms with van der Waals surface area (Å²) < 4.78 is 0. The smallest absolute Gasteiger partial charge is 0.269 e. The van der Waals surface area contributed by atoms with E-state index in [1.165, 1.54) is 30.0 Å². The van der Waals surface area contributed by atoms with Gasteiger partial charge in [-0.2, -0.15) is 0 Å². The molecule has 0 saturated heterocycles. The molecular weight excluding hydrogens is 322 g/mol. The molecule has 25 heavy (non-hydrogen) atoms. The number of aliphatic imine (C=N–C) groups is 1. The summed E-state index contributed by atoms with van der Waals surface area (Å²) in [5.41, 5.74) is 7.96. The van der Waals surface area contributed by atoms with E-state index < -0.39 is 16.9 Å². The Morgan fingerprint density at radius 3 is 2.52 bits per heavy atom. The molecule has 0 aliphatic carbocycles. The maximum Gasteiger partial charge on any atom is 0.269 e. The molecule has 0 amide bonds. The largest absolute Gasteiger partial charge is 0.396 e. The van der Waals surface area contributed by atoms with E-state index in [-0.39, 0.29) is 18.3 Å². The van der Waals surface area contributed by atoms with Gasteiger partial charge in [0.15, 0.2) is 0 Å². The van der Waals surface area contributed by atoms with Crippen LogP contribution >= 0.6 is 0 Å². The van der Waals surface area contributed by atoms with Gasteiger partial charge in [0.05, 0.1) is 23.7 Å². The van der Waals surface area contributed by atoms with Crippen molar-refractivity contribution < 1.29 is 15.1 Å². The second-order valence-electron chi connectivity index (χ2n) is 6.59. The Morgan fingerprint density at radius 2 is 2.00 bits per heavy atom. The van der Waals surface area contributed by atoms with E-state index in [0.717, 1.165) is 25.7 Å². The summed E-state index contributed by atoms with van der Waals surface area (Å²) >= 11 is 0. The molecule has 0 radical (unpaired) electrons. The van der Waals surface area contributed by atoms with Gasteiger partial charge in [0.1, 0.15) is 0 Å². The van der Waals surface area contributed by atoms with Gasteiger partial charge in [-0.25, -0.2) is 0 Å². The molecule has 1 aromatic carbocycles. The molecule has 7 heteroatoms. The number of hydrogen-bond acceptors (Lipinski definition) is 6. The highest BCUT2D eigenvalue weighted by atomic mass is 16.6. The number of aliphatic hydroxyl groups excluding tert-OH is 2. The Hall–Kier alpha value is -1.83. The molecule has 0 spiro atoms. The van der Waals surface area contributed by atoms with Gasteiger partial charge >= 0.3 is 0 Å². The number of benzene rings is 1. The first kappa shape index (κ1) is 19.5. The van der Waals surface area contributed by atoms with Crippen molar-refractivity contribution in [3.8, 4) is 0 Å². The average Bonchev–Trinajstić information content (AvgIpc) is 3.38. The molecule has 138 valence electrons. The van der Waals surface area contributed by atoms with Crippen LogP contribution in [0.5, 0.6) is 0 Å². The fraction of sp³-hybridized carbons (Fsp3) is 0.611. The molecule has 7 nitrogen and oxygen atoms in total. The van der Waals surface area contributed by atoms with Gasteiger partial charge in [-0.15, -0.1) is 0 Å². The molecule has 0 fully saturated rings. The van der Waals surface area contributed by atoms with Gasteiger partial charge in [0, 0.05) is 29.8 Å². The molecule has 0 saturated carbocycles. The summed E-state index contributed by atoms with van der Waals surface area (Å²) in [4.78, 5) is 14.6. The highest BCUT2D eigenvalue weighted by molar-refractivity contribution is 6.00. The van der Waals surface area contributed by atoms with Gasteiger partial charge in [-0.3, -0.25) is 15.1 Å². The first-order valence-corrected chi connectivity index (χ1v) is 8.83. The summed E-state index contributed by atoms with van der Waals surface area (Å²) in [5.74, 6) is -0.497. The second-order valence-corrected chi connectivity index (χ2v) is 6.59. The van der Waals surface area contributed by atoms with Crippen LogP contribution in [-0.2, 0) is 0 Å². The number of nitro benzene ring substituents is 1. The maximum atomic E-state index is 10.7. The molecule has 2 rings (SSSR count). The van der Waals surface area contributed by atoms with E-state index in [1.807, 2.05) is 0 Å². The Morgan fingerprint density at radius 1 is 1.32 bits per heavy atom. The highest BCUT2D eigenvalue weighted by Gasteiger charge is 2.27. The van der Waals surface area contributed by atoms with Crippen molar-refractivity contribution in [2.45, 2.75) is 57.2 Å². The van der Waals surface area contributed by atoms with Crippen LogP contribution in [0.25, 0.3) is 0 Å². The lowest BCUT2D eigenvalue weighted by Gasteiger charge is -2.27.